The lowest BCUT2D eigenvalue weighted by atomic mass is 10.1. The summed E-state index contributed by atoms with van der Waals surface area (Å²) in [4.78, 5) is 13.2. The highest BCUT2D eigenvalue weighted by Gasteiger charge is 2.16. The zero-order valence-electron chi connectivity index (χ0n) is 9.86. The maximum Gasteiger partial charge on any atom is 0.131 e. The minimum absolute atomic E-state index is 0.207. The molecule has 0 bridgehead atoms. The SMILES string of the molecule is CC(=O)CCN1CCNc2cc(C#N)ccc21. The number of nitriles is 1. The average molecular weight is 229 g/mol. The van der Waals surface area contributed by atoms with Crippen molar-refractivity contribution in [3.63, 3.8) is 0 Å². The van der Waals surface area contributed by atoms with Crippen molar-refractivity contribution < 1.29 is 4.79 Å². The highest BCUT2D eigenvalue weighted by molar-refractivity contribution is 5.78. The van der Waals surface area contributed by atoms with Crippen LogP contribution in [0.25, 0.3) is 0 Å². The molecule has 0 fully saturated rings. The van der Waals surface area contributed by atoms with Crippen LogP contribution in [0.4, 0.5) is 11.4 Å². The minimum Gasteiger partial charge on any atom is -0.382 e. The molecule has 4 heteroatoms. The molecule has 0 saturated carbocycles. The van der Waals surface area contributed by atoms with E-state index in [1.807, 2.05) is 18.2 Å². The standard InChI is InChI=1S/C13H15N3O/c1-10(17)4-6-16-7-5-15-12-8-11(9-14)2-3-13(12)16/h2-3,8,15H,4-7H2,1H3. The number of hydrogen-bond donors (Lipinski definition) is 1. The Balaban J connectivity index is 2.20. The third-order valence-corrected chi connectivity index (χ3v) is 2.90. The molecule has 0 amide bonds. The van der Waals surface area contributed by atoms with Gasteiger partial charge in [-0.2, -0.15) is 5.26 Å². The maximum atomic E-state index is 11.0. The highest BCUT2D eigenvalue weighted by Crippen LogP contribution is 2.29. The van der Waals surface area contributed by atoms with Gasteiger partial charge in [0.2, 0.25) is 0 Å². The Labute approximate surface area is 101 Å². The number of benzene rings is 1. The lowest BCUT2D eigenvalue weighted by molar-refractivity contribution is -0.116. The summed E-state index contributed by atoms with van der Waals surface area (Å²) in [5.74, 6) is 0.207. The zero-order valence-corrected chi connectivity index (χ0v) is 9.86. The summed E-state index contributed by atoms with van der Waals surface area (Å²) in [5, 5.41) is 12.1. The highest BCUT2D eigenvalue weighted by atomic mass is 16.1. The van der Waals surface area contributed by atoms with E-state index in [1.54, 1.807) is 6.92 Å². The molecule has 17 heavy (non-hydrogen) atoms. The molecule has 2 rings (SSSR count). The predicted octanol–water partition coefficient (Wildman–Crippen LogP) is 1.77. The quantitative estimate of drug-likeness (QED) is 0.858. The fraction of sp³-hybridized carbons (Fsp3) is 0.385. The van der Waals surface area contributed by atoms with Crippen molar-refractivity contribution in [1.29, 1.82) is 5.26 Å². The maximum absolute atomic E-state index is 11.0. The molecule has 88 valence electrons. The van der Waals surface area contributed by atoms with Gasteiger partial charge in [0, 0.05) is 26.1 Å². The van der Waals surface area contributed by atoms with E-state index < -0.39 is 0 Å². The molecule has 4 nitrogen and oxygen atoms in total. The first kappa shape index (κ1) is 11.5. The minimum atomic E-state index is 0.207. The van der Waals surface area contributed by atoms with Crippen molar-refractivity contribution in [3.8, 4) is 6.07 Å². The van der Waals surface area contributed by atoms with Gasteiger partial charge < -0.3 is 10.2 Å². The first-order valence-electron chi connectivity index (χ1n) is 5.73. The van der Waals surface area contributed by atoms with Gasteiger partial charge in [-0.05, 0) is 25.1 Å². The van der Waals surface area contributed by atoms with Gasteiger partial charge in [-0.3, -0.25) is 4.79 Å². The van der Waals surface area contributed by atoms with Crippen molar-refractivity contribution in [2.75, 3.05) is 29.9 Å². The van der Waals surface area contributed by atoms with Gasteiger partial charge in [-0.1, -0.05) is 0 Å². The first-order valence-corrected chi connectivity index (χ1v) is 5.73. The number of carbonyl (C=O) groups is 1. The molecule has 1 aromatic rings. The number of anilines is 2. The molecule has 1 aliphatic rings. The van der Waals surface area contributed by atoms with Gasteiger partial charge in [-0.15, -0.1) is 0 Å². The summed E-state index contributed by atoms with van der Waals surface area (Å²) in [6.07, 6.45) is 0.569. The molecule has 0 unspecified atom stereocenters. The molecule has 1 aliphatic heterocycles. The summed E-state index contributed by atoms with van der Waals surface area (Å²) >= 11 is 0. The number of nitrogens with one attached hydrogen (secondary N) is 1. The van der Waals surface area contributed by atoms with Gasteiger partial charge >= 0.3 is 0 Å². The molecule has 0 saturated heterocycles. The molecule has 0 aromatic heterocycles. The molecule has 0 aliphatic carbocycles. The smallest absolute Gasteiger partial charge is 0.131 e. The van der Waals surface area contributed by atoms with Crippen LogP contribution in [0.5, 0.6) is 0 Å². The first-order chi connectivity index (χ1) is 8.20. The lowest BCUT2D eigenvalue weighted by Crippen LogP contribution is -2.35. The monoisotopic (exact) mass is 229 g/mol. The molecule has 0 spiro atoms. The number of fused-ring (bicyclic) bond motifs is 1. The van der Waals surface area contributed by atoms with E-state index in [4.69, 9.17) is 5.26 Å². The lowest BCUT2D eigenvalue weighted by Gasteiger charge is -2.31. The van der Waals surface area contributed by atoms with E-state index >= 15 is 0 Å². The van der Waals surface area contributed by atoms with Crippen LogP contribution in [0.15, 0.2) is 18.2 Å². The number of hydrogen-bond acceptors (Lipinski definition) is 4. The third kappa shape index (κ3) is 2.56. The Bertz CT molecular complexity index is 476. The van der Waals surface area contributed by atoms with Gasteiger partial charge in [0.15, 0.2) is 0 Å². The number of Topliss-reactive ketones (excluding diaryl/α,β-unsaturated/α-hetero) is 1. The van der Waals surface area contributed by atoms with Crippen LogP contribution in [0, 0.1) is 11.3 Å². The predicted molar refractivity (Wildman–Crippen MR) is 67.2 cm³/mol. The van der Waals surface area contributed by atoms with Gasteiger partial charge in [0.05, 0.1) is 23.0 Å². The Kier molecular flexibility index (Phi) is 3.29. The van der Waals surface area contributed by atoms with Crippen LogP contribution < -0.4 is 10.2 Å². The second-order valence-electron chi connectivity index (χ2n) is 4.21. The average Bonchev–Trinajstić information content (AvgIpc) is 2.35. The van der Waals surface area contributed by atoms with E-state index in [1.165, 1.54) is 0 Å². The molecular weight excluding hydrogens is 214 g/mol. The summed E-state index contributed by atoms with van der Waals surface area (Å²) in [7, 11) is 0. The second kappa shape index (κ2) is 4.88. The molecular formula is C13H15N3O. The summed E-state index contributed by atoms with van der Waals surface area (Å²) in [5.41, 5.74) is 2.72. The largest absolute Gasteiger partial charge is 0.382 e. The molecule has 0 atom stereocenters. The summed E-state index contributed by atoms with van der Waals surface area (Å²) in [6.45, 7) is 4.10. The van der Waals surface area contributed by atoms with Crippen LogP contribution >= 0.6 is 0 Å². The van der Waals surface area contributed by atoms with Crippen LogP contribution in [0.1, 0.15) is 18.9 Å². The van der Waals surface area contributed by atoms with Crippen molar-refractivity contribution in [2.45, 2.75) is 13.3 Å². The van der Waals surface area contributed by atoms with Crippen LogP contribution in [-0.4, -0.2) is 25.4 Å². The van der Waals surface area contributed by atoms with Gasteiger partial charge in [0.25, 0.3) is 0 Å². The summed E-state index contributed by atoms with van der Waals surface area (Å²) < 4.78 is 0. The van der Waals surface area contributed by atoms with E-state index in [2.05, 4.69) is 16.3 Å². The zero-order chi connectivity index (χ0) is 12.3. The molecule has 1 heterocycles. The second-order valence-corrected chi connectivity index (χ2v) is 4.21. The van der Waals surface area contributed by atoms with Crippen molar-refractivity contribution >= 4 is 17.2 Å². The third-order valence-electron chi connectivity index (χ3n) is 2.90. The topological polar surface area (TPSA) is 56.1 Å². The van der Waals surface area contributed by atoms with Crippen molar-refractivity contribution in [3.05, 3.63) is 23.8 Å². The molecule has 1 aromatic carbocycles. The van der Waals surface area contributed by atoms with E-state index in [0.29, 0.717) is 12.0 Å². The van der Waals surface area contributed by atoms with Crippen LogP contribution in [0.2, 0.25) is 0 Å². The van der Waals surface area contributed by atoms with Crippen molar-refractivity contribution in [1.82, 2.24) is 0 Å². The number of carbonyl (C=O) groups excluding carboxylic acids is 1. The van der Waals surface area contributed by atoms with Crippen LogP contribution in [-0.2, 0) is 4.79 Å². The fourth-order valence-electron chi connectivity index (χ4n) is 1.99. The fourth-order valence-corrected chi connectivity index (χ4v) is 1.99. The van der Waals surface area contributed by atoms with Gasteiger partial charge in [0.1, 0.15) is 5.78 Å². The van der Waals surface area contributed by atoms with Crippen molar-refractivity contribution in [2.24, 2.45) is 0 Å². The molecule has 1 N–H and O–H groups in total. The Hall–Kier alpha value is -2.02. The van der Waals surface area contributed by atoms with E-state index in [0.717, 1.165) is 31.0 Å². The summed E-state index contributed by atoms with van der Waals surface area (Å²) in [6, 6.07) is 7.74. The van der Waals surface area contributed by atoms with Gasteiger partial charge in [-0.25, -0.2) is 0 Å². The Morgan fingerprint density at radius 1 is 1.59 bits per heavy atom. The van der Waals surface area contributed by atoms with E-state index in [9.17, 15) is 4.79 Å². The number of nitrogens with zero attached hydrogens (tertiary/aromatic N) is 2. The number of rotatable bonds is 3. The Morgan fingerprint density at radius 3 is 3.12 bits per heavy atom. The Morgan fingerprint density at radius 2 is 2.41 bits per heavy atom. The number of ketones is 1. The van der Waals surface area contributed by atoms with E-state index in [-0.39, 0.29) is 5.78 Å². The normalized spacial score (nSPS) is 13.5. The molecule has 0 radical (unpaired) electrons. The van der Waals surface area contributed by atoms with Crippen LogP contribution in [0.3, 0.4) is 0 Å².